The normalized spacial score (nSPS) is 24.4. The van der Waals surface area contributed by atoms with Crippen LogP contribution in [0.25, 0.3) is 0 Å². The molecule has 3 heteroatoms. The Labute approximate surface area is 106 Å². The van der Waals surface area contributed by atoms with E-state index in [-0.39, 0.29) is 0 Å². The molecule has 0 saturated carbocycles. The first kappa shape index (κ1) is 13.3. The molecule has 2 heterocycles. The van der Waals surface area contributed by atoms with Crippen LogP contribution in [-0.2, 0) is 0 Å². The highest BCUT2D eigenvalue weighted by Crippen LogP contribution is 2.17. The summed E-state index contributed by atoms with van der Waals surface area (Å²) < 4.78 is 0. The molecule has 0 bridgehead atoms. The average molecular weight is 239 g/mol. The molecule has 100 valence electrons. The summed E-state index contributed by atoms with van der Waals surface area (Å²) in [6.45, 7) is 11.1. The zero-order valence-corrected chi connectivity index (χ0v) is 11.4. The first-order valence-electron chi connectivity index (χ1n) is 7.52. The van der Waals surface area contributed by atoms with E-state index >= 15 is 0 Å². The molecule has 2 N–H and O–H groups in total. The van der Waals surface area contributed by atoms with Gasteiger partial charge in [-0.05, 0) is 70.2 Å². The molecule has 17 heavy (non-hydrogen) atoms. The summed E-state index contributed by atoms with van der Waals surface area (Å²) in [4.78, 5) is 2.70. The third kappa shape index (κ3) is 4.57. The lowest BCUT2D eigenvalue weighted by molar-refractivity contribution is 0.172. The topological polar surface area (TPSA) is 27.3 Å². The van der Waals surface area contributed by atoms with Crippen LogP contribution in [0.4, 0.5) is 0 Å². The van der Waals surface area contributed by atoms with E-state index in [0.717, 1.165) is 11.8 Å². The molecular formula is C14H29N3. The number of hydrogen-bond acceptors (Lipinski definition) is 3. The molecule has 0 spiro atoms. The molecule has 3 nitrogen and oxygen atoms in total. The van der Waals surface area contributed by atoms with Crippen molar-refractivity contribution < 1.29 is 0 Å². The Morgan fingerprint density at radius 2 is 1.24 bits per heavy atom. The van der Waals surface area contributed by atoms with Gasteiger partial charge < -0.3 is 15.5 Å². The summed E-state index contributed by atoms with van der Waals surface area (Å²) in [6.07, 6.45) is 5.51. The summed E-state index contributed by atoms with van der Waals surface area (Å²) in [7, 11) is 0. The Balaban J connectivity index is 1.71. The number of nitrogens with one attached hydrogen (secondary N) is 2. The monoisotopic (exact) mass is 239 g/mol. The van der Waals surface area contributed by atoms with Crippen LogP contribution < -0.4 is 10.6 Å². The number of nitrogens with zero attached hydrogens (tertiary/aromatic N) is 1. The van der Waals surface area contributed by atoms with Crippen molar-refractivity contribution in [3.05, 3.63) is 0 Å². The van der Waals surface area contributed by atoms with Gasteiger partial charge in [0.1, 0.15) is 0 Å². The van der Waals surface area contributed by atoms with Gasteiger partial charge in [0.05, 0.1) is 0 Å². The second kappa shape index (κ2) is 7.34. The molecular weight excluding hydrogens is 210 g/mol. The highest BCUT2D eigenvalue weighted by atomic mass is 15.1. The number of hydrogen-bond donors (Lipinski definition) is 2. The molecule has 0 aromatic rings. The maximum Gasteiger partial charge on any atom is 0.00106 e. The first-order chi connectivity index (χ1) is 8.38. The molecule has 0 aliphatic carbocycles. The van der Waals surface area contributed by atoms with Crippen LogP contribution >= 0.6 is 0 Å². The van der Waals surface area contributed by atoms with E-state index in [2.05, 4.69) is 22.5 Å². The van der Waals surface area contributed by atoms with Crippen LogP contribution in [0.3, 0.4) is 0 Å². The van der Waals surface area contributed by atoms with E-state index in [1.165, 1.54) is 71.5 Å². The zero-order valence-electron chi connectivity index (χ0n) is 11.4. The van der Waals surface area contributed by atoms with Gasteiger partial charge in [0.2, 0.25) is 0 Å². The molecule has 0 atom stereocenters. The number of piperidine rings is 2. The number of rotatable bonds is 5. The van der Waals surface area contributed by atoms with Crippen molar-refractivity contribution in [3.8, 4) is 0 Å². The van der Waals surface area contributed by atoms with Crippen molar-refractivity contribution in [3.63, 3.8) is 0 Å². The zero-order chi connectivity index (χ0) is 11.9. The molecule has 2 saturated heterocycles. The molecule has 0 aromatic heterocycles. The minimum Gasteiger partial charge on any atom is -0.317 e. The summed E-state index contributed by atoms with van der Waals surface area (Å²) in [5.41, 5.74) is 0. The largest absolute Gasteiger partial charge is 0.317 e. The standard InChI is InChI=1S/C14H29N3/c1-2-17(11-13-3-7-15-8-4-13)12-14-5-9-16-10-6-14/h13-16H,2-12H2,1H3. The fraction of sp³-hybridized carbons (Fsp3) is 1.00. The van der Waals surface area contributed by atoms with Gasteiger partial charge in [0.15, 0.2) is 0 Å². The molecule has 0 amide bonds. The van der Waals surface area contributed by atoms with Gasteiger partial charge in [-0.15, -0.1) is 0 Å². The summed E-state index contributed by atoms with van der Waals surface area (Å²) in [5, 5.41) is 6.92. The van der Waals surface area contributed by atoms with Gasteiger partial charge in [-0.2, -0.15) is 0 Å². The van der Waals surface area contributed by atoms with Crippen LogP contribution in [0.2, 0.25) is 0 Å². The van der Waals surface area contributed by atoms with Gasteiger partial charge in [0.25, 0.3) is 0 Å². The molecule has 2 aliphatic rings. The Hall–Kier alpha value is -0.120. The molecule has 0 unspecified atom stereocenters. The van der Waals surface area contributed by atoms with Crippen LogP contribution in [0.5, 0.6) is 0 Å². The Morgan fingerprint density at radius 3 is 1.59 bits per heavy atom. The fourth-order valence-electron chi connectivity index (χ4n) is 3.19. The van der Waals surface area contributed by atoms with Gasteiger partial charge in [-0.25, -0.2) is 0 Å². The minimum absolute atomic E-state index is 0.943. The van der Waals surface area contributed by atoms with Crippen LogP contribution in [-0.4, -0.2) is 50.7 Å². The maximum atomic E-state index is 3.46. The van der Waals surface area contributed by atoms with Crippen LogP contribution in [0.1, 0.15) is 32.6 Å². The third-order valence-corrected chi connectivity index (χ3v) is 4.40. The summed E-state index contributed by atoms with van der Waals surface area (Å²) >= 11 is 0. The van der Waals surface area contributed by atoms with Crippen molar-refractivity contribution in [2.45, 2.75) is 32.6 Å². The second-order valence-electron chi connectivity index (χ2n) is 5.74. The Kier molecular flexibility index (Phi) is 5.75. The lowest BCUT2D eigenvalue weighted by Gasteiger charge is -2.33. The third-order valence-electron chi connectivity index (χ3n) is 4.40. The van der Waals surface area contributed by atoms with Gasteiger partial charge in [-0.3, -0.25) is 0 Å². The predicted octanol–water partition coefficient (Wildman–Crippen LogP) is 1.31. The van der Waals surface area contributed by atoms with E-state index < -0.39 is 0 Å². The molecule has 0 aromatic carbocycles. The van der Waals surface area contributed by atoms with Crippen LogP contribution in [0, 0.1) is 11.8 Å². The van der Waals surface area contributed by atoms with Gasteiger partial charge in [-0.1, -0.05) is 6.92 Å². The molecule has 2 aliphatic heterocycles. The van der Waals surface area contributed by atoms with Gasteiger partial charge >= 0.3 is 0 Å². The minimum atomic E-state index is 0.943. The average Bonchev–Trinajstić information content (AvgIpc) is 2.40. The SMILES string of the molecule is CCN(CC1CCNCC1)CC1CCNCC1. The van der Waals surface area contributed by atoms with Crippen molar-refractivity contribution in [2.24, 2.45) is 11.8 Å². The second-order valence-corrected chi connectivity index (χ2v) is 5.74. The summed E-state index contributed by atoms with van der Waals surface area (Å²) in [5.74, 6) is 1.89. The lowest BCUT2D eigenvalue weighted by atomic mass is 9.94. The molecule has 0 radical (unpaired) electrons. The van der Waals surface area contributed by atoms with Gasteiger partial charge in [0, 0.05) is 13.1 Å². The highest BCUT2D eigenvalue weighted by Gasteiger charge is 2.20. The Morgan fingerprint density at radius 1 is 0.824 bits per heavy atom. The summed E-state index contributed by atoms with van der Waals surface area (Å²) in [6, 6.07) is 0. The fourth-order valence-corrected chi connectivity index (χ4v) is 3.19. The van der Waals surface area contributed by atoms with Crippen molar-refractivity contribution in [1.29, 1.82) is 0 Å². The van der Waals surface area contributed by atoms with Crippen LogP contribution in [0.15, 0.2) is 0 Å². The van der Waals surface area contributed by atoms with E-state index in [1.54, 1.807) is 0 Å². The van der Waals surface area contributed by atoms with Crippen molar-refractivity contribution >= 4 is 0 Å². The maximum absolute atomic E-state index is 3.46. The van der Waals surface area contributed by atoms with E-state index in [4.69, 9.17) is 0 Å². The predicted molar refractivity (Wildman–Crippen MR) is 73.3 cm³/mol. The van der Waals surface area contributed by atoms with E-state index in [9.17, 15) is 0 Å². The molecule has 2 rings (SSSR count). The van der Waals surface area contributed by atoms with Crippen molar-refractivity contribution in [2.75, 3.05) is 45.8 Å². The quantitative estimate of drug-likeness (QED) is 0.757. The lowest BCUT2D eigenvalue weighted by Crippen LogP contribution is -2.40. The van der Waals surface area contributed by atoms with E-state index in [1.807, 2.05) is 0 Å². The smallest absolute Gasteiger partial charge is 0.00106 e. The van der Waals surface area contributed by atoms with E-state index in [0.29, 0.717) is 0 Å². The molecule has 2 fully saturated rings. The Bertz CT molecular complexity index is 176. The van der Waals surface area contributed by atoms with Crippen molar-refractivity contribution in [1.82, 2.24) is 15.5 Å². The first-order valence-corrected chi connectivity index (χ1v) is 7.52. The highest BCUT2D eigenvalue weighted by molar-refractivity contribution is 4.76.